The predicted octanol–water partition coefficient (Wildman–Crippen LogP) is 2.62. The highest BCUT2D eigenvalue weighted by Crippen LogP contribution is 2.12. The molecule has 2 heterocycles. The molecule has 0 aliphatic heterocycles. The summed E-state index contributed by atoms with van der Waals surface area (Å²) in [5.74, 6) is -0.0447. The zero-order valence-corrected chi connectivity index (χ0v) is 12.6. The van der Waals surface area contributed by atoms with Crippen LogP contribution in [0.15, 0.2) is 36.0 Å². The number of nitrogens with zero attached hydrogens (tertiary/aromatic N) is 3. The molecule has 6 heteroatoms. The van der Waals surface area contributed by atoms with E-state index in [0.29, 0.717) is 12.1 Å². The molecule has 2 aromatic heterocycles. The molecule has 1 N–H and O–H groups in total. The lowest BCUT2D eigenvalue weighted by molar-refractivity contribution is 0.0952. The standard InChI is InChI=1S/C15H16N4OS/c1-11-12(9-21-18-11)15(20)16-7-4-8-19-10-17-13-5-2-3-6-14(13)19/h2-3,5-6,9-10H,4,7-8H2,1H3,(H,16,20). The quantitative estimate of drug-likeness (QED) is 0.737. The van der Waals surface area contributed by atoms with Crippen LogP contribution in [-0.2, 0) is 6.54 Å². The second-order valence-electron chi connectivity index (χ2n) is 4.85. The van der Waals surface area contributed by atoms with Gasteiger partial charge >= 0.3 is 0 Å². The third-order valence-corrected chi connectivity index (χ3v) is 4.10. The van der Waals surface area contributed by atoms with Crippen molar-refractivity contribution in [1.82, 2.24) is 19.2 Å². The molecule has 0 fully saturated rings. The number of carbonyl (C=O) groups is 1. The molecular formula is C15H16N4OS. The normalized spacial score (nSPS) is 10.9. The van der Waals surface area contributed by atoms with Crippen LogP contribution in [0.2, 0.25) is 0 Å². The molecule has 108 valence electrons. The molecule has 0 bridgehead atoms. The minimum Gasteiger partial charge on any atom is -0.352 e. The van der Waals surface area contributed by atoms with E-state index in [-0.39, 0.29) is 5.91 Å². The van der Waals surface area contributed by atoms with E-state index in [1.165, 1.54) is 11.5 Å². The van der Waals surface area contributed by atoms with Gasteiger partial charge in [-0.2, -0.15) is 4.37 Å². The Morgan fingerprint density at radius 1 is 1.38 bits per heavy atom. The number of imidazole rings is 1. The number of aryl methyl sites for hydroxylation is 2. The lowest BCUT2D eigenvalue weighted by atomic mass is 10.2. The smallest absolute Gasteiger partial charge is 0.254 e. The lowest BCUT2D eigenvalue weighted by Crippen LogP contribution is -2.25. The van der Waals surface area contributed by atoms with Gasteiger partial charge in [0.2, 0.25) is 0 Å². The zero-order valence-electron chi connectivity index (χ0n) is 11.7. The van der Waals surface area contributed by atoms with Gasteiger partial charge in [-0.1, -0.05) is 12.1 Å². The minimum absolute atomic E-state index is 0.0447. The van der Waals surface area contributed by atoms with E-state index < -0.39 is 0 Å². The average Bonchev–Trinajstić information content (AvgIpc) is 3.10. The van der Waals surface area contributed by atoms with E-state index in [0.717, 1.165) is 29.7 Å². The van der Waals surface area contributed by atoms with Gasteiger partial charge in [-0.25, -0.2) is 4.98 Å². The molecule has 3 rings (SSSR count). The molecule has 5 nitrogen and oxygen atoms in total. The lowest BCUT2D eigenvalue weighted by Gasteiger charge is -2.06. The summed E-state index contributed by atoms with van der Waals surface area (Å²) in [4.78, 5) is 16.3. The number of amides is 1. The second-order valence-corrected chi connectivity index (χ2v) is 5.48. The van der Waals surface area contributed by atoms with Gasteiger partial charge in [0.25, 0.3) is 5.91 Å². The molecule has 0 aliphatic carbocycles. The molecule has 1 amide bonds. The van der Waals surface area contributed by atoms with Crippen molar-refractivity contribution in [3.63, 3.8) is 0 Å². The number of aromatic nitrogens is 3. The van der Waals surface area contributed by atoms with Gasteiger partial charge in [-0.3, -0.25) is 4.79 Å². The van der Waals surface area contributed by atoms with Crippen molar-refractivity contribution in [2.45, 2.75) is 19.9 Å². The molecule has 0 saturated heterocycles. The SMILES string of the molecule is Cc1nscc1C(=O)NCCCn1cnc2ccccc21. The number of para-hydroxylation sites is 2. The summed E-state index contributed by atoms with van der Waals surface area (Å²) < 4.78 is 6.22. The summed E-state index contributed by atoms with van der Waals surface area (Å²) in [6.45, 7) is 3.32. The summed E-state index contributed by atoms with van der Waals surface area (Å²) in [5, 5.41) is 4.72. The van der Waals surface area contributed by atoms with Gasteiger partial charge in [0.05, 0.1) is 28.6 Å². The Morgan fingerprint density at radius 2 is 2.24 bits per heavy atom. The Kier molecular flexibility index (Phi) is 3.96. The van der Waals surface area contributed by atoms with Crippen molar-refractivity contribution in [2.24, 2.45) is 0 Å². The molecule has 0 atom stereocenters. The largest absolute Gasteiger partial charge is 0.352 e. The van der Waals surface area contributed by atoms with Gasteiger partial charge in [-0.05, 0) is 37.0 Å². The molecule has 0 aliphatic rings. The van der Waals surface area contributed by atoms with Gasteiger partial charge in [-0.15, -0.1) is 0 Å². The van der Waals surface area contributed by atoms with Gasteiger partial charge < -0.3 is 9.88 Å². The summed E-state index contributed by atoms with van der Waals surface area (Å²) in [5.41, 5.74) is 3.59. The van der Waals surface area contributed by atoms with Crippen LogP contribution in [0.1, 0.15) is 22.5 Å². The van der Waals surface area contributed by atoms with Crippen LogP contribution in [0.5, 0.6) is 0 Å². The zero-order chi connectivity index (χ0) is 14.7. The fraction of sp³-hybridized carbons (Fsp3) is 0.267. The Labute approximate surface area is 126 Å². The molecular weight excluding hydrogens is 284 g/mol. The van der Waals surface area contributed by atoms with Crippen molar-refractivity contribution < 1.29 is 4.79 Å². The van der Waals surface area contributed by atoms with E-state index in [1.807, 2.05) is 31.5 Å². The maximum Gasteiger partial charge on any atom is 0.254 e. The number of hydrogen-bond acceptors (Lipinski definition) is 4. The summed E-state index contributed by atoms with van der Waals surface area (Å²) in [6, 6.07) is 8.05. The van der Waals surface area contributed by atoms with Gasteiger partial charge in [0.15, 0.2) is 0 Å². The number of carbonyl (C=O) groups excluding carboxylic acids is 1. The number of hydrogen-bond donors (Lipinski definition) is 1. The van der Waals surface area contributed by atoms with Crippen molar-refractivity contribution in [1.29, 1.82) is 0 Å². The molecule has 3 aromatic rings. The Balaban J connectivity index is 1.53. The van der Waals surface area contributed by atoms with Crippen LogP contribution in [0, 0.1) is 6.92 Å². The van der Waals surface area contributed by atoms with Crippen molar-refractivity contribution in [3.05, 3.63) is 47.2 Å². The summed E-state index contributed by atoms with van der Waals surface area (Å²) >= 11 is 1.31. The van der Waals surface area contributed by atoms with Crippen molar-refractivity contribution >= 4 is 28.5 Å². The topological polar surface area (TPSA) is 59.8 Å². The van der Waals surface area contributed by atoms with E-state index in [9.17, 15) is 4.79 Å². The first kappa shape index (κ1) is 13.8. The molecule has 0 unspecified atom stereocenters. The molecule has 1 aromatic carbocycles. The second kappa shape index (κ2) is 6.05. The van der Waals surface area contributed by atoms with E-state index in [2.05, 4.69) is 25.3 Å². The van der Waals surface area contributed by atoms with E-state index >= 15 is 0 Å². The van der Waals surface area contributed by atoms with Crippen LogP contribution < -0.4 is 5.32 Å². The fourth-order valence-corrected chi connectivity index (χ4v) is 2.94. The Bertz CT molecular complexity index is 762. The Morgan fingerprint density at radius 3 is 3.05 bits per heavy atom. The molecule has 0 saturated carbocycles. The summed E-state index contributed by atoms with van der Waals surface area (Å²) in [6.07, 6.45) is 2.71. The van der Waals surface area contributed by atoms with Crippen LogP contribution in [-0.4, -0.2) is 26.4 Å². The first-order valence-electron chi connectivity index (χ1n) is 6.85. The fourth-order valence-electron chi connectivity index (χ4n) is 2.25. The highest BCUT2D eigenvalue weighted by atomic mass is 32.1. The van der Waals surface area contributed by atoms with Crippen molar-refractivity contribution in [3.8, 4) is 0 Å². The Hall–Kier alpha value is -2.21. The predicted molar refractivity (Wildman–Crippen MR) is 83.5 cm³/mol. The maximum atomic E-state index is 11.9. The van der Waals surface area contributed by atoms with Crippen LogP contribution in [0.3, 0.4) is 0 Å². The van der Waals surface area contributed by atoms with E-state index in [4.69, 9.17) is 0 Å². The number of fused-ring (bicyclic) bond motifs is 1. The van der Waals surface area contributed by atoms with Crippen molar-refractivity contribution in [2.75, 3.05) is 6.54 Å². The molecule has 0 spiro atoms. The maximum absolute atomic E-state index is 11.9. The van der Waals surface area contributed by atoms with Gasteiger partial charge in [0.1, 0.15) is 0 Å². The van der Waals surface area contributed by atoms with Crippen LogP contribution in [0.25, 0.3) is 11.0 Å². The highest BCUT2D eigenvalue weighted by Gasteiger charge is 2.10. The third kappa shape index (κ3) is 2.95. The number of rotatable bonds is 5. The first-order valence-corrected chi connectivity index (χ1v) is 7.68. The monoisotopic (exact) mass is 300 g/mol. The number of nitrogens with one attached hydrogen (secondary N) is 1. The van der Waals surface area contributed by atoms with Gasteiger partial charge in [0, 0.05) is 18.5 Å². The summed E-state index contributed by atoms with van der Waals surface area (Å²) in [7, 11) is 0. The van der Waals surface area contributed by atoms with Crippen LogP contribution >= 0.6 is 11.5 Å². The molecule has 0 radical (unpaired) electrons. The third-order valence-electron chi connectivity index (χ3n) is 3.38. The first-order chi connectivity index (χ1) is 10.3. The van der Waals surface area contributed by atoms with Crippen LogP contribution in [0.4, 0.5) is 0 Å². The molecule has 21 heavy (non-hydrogen) atoms. The number of benzene rings is 1. The average molecular weight is 300 g/mol. The van der Waals surface area contributed by atoms with E-state index in [1.54, 1.807) is 5.38 Å². The highest BCUT2D eigenvalue weighted by molar-refractivity contribution is 7.03. The minimum atomic E-state index is -0.0447.